The van der Waals surface area contributed by atoms with E-state index in [1.807, 2.05) is 13.8 Å². The first-order chi connectivity index (χ1) is 5.97. The molecule has 14 heavy (non-hydrogen) atoms. The molecule has 0 saturated heterocycles. The number of nitrogens with two attached hydrogens (primary N) is 1. The molecule has 0 aliphatic heterocycles. The monoisotopic (exact) mass is 224 g/mol. The van der Waals surface area contributed by atoms with Crippen molar-refractivity contribution < 1.29 is 14.7 Å². The van der Waals surface area contributed by atoms with Gasteiger partial charge in [0.05, 0.1) is 6.54 Å². The van der Waals surface area contributed by atoms with Crippen molar-refractivity contribution in [2.45, 2.75) is 26.3 Å². The second kappa shape index (κ2) is 7.58. The first kappa shape index (κ1) is 15.7. The maximum Gasteiger partial charge on any atom is 0.326 e. The molecule has 1 amide bonds. The SMILES string of the molecule is CC(C)C[C@H](NC(=O)CN)C(=O)O.Cl. The number of carbonyl (C=O) groups is 2. The number of rotatable bonds is 5. The standard InChI is InChI=1S/C8H16N2O3.ClH/c1-5(2)3-6(8(12)13)10-7(11)4-9;/h5-6H,3-4,9H2,1-2H3,(H,10,11)(H,12,13);1H/t6-;/m0./s1. The lowest BCUT2D eigenvalue weighted by molar-refractivity contribution is -0.142. The van der Waals surface area contributed by atoms with Gasteiger partial charge in [-0.25, -0.2) is 4.79 Å². The van der Waals surface area contributed by atoms with E-state index in [0.717, 1.165) is 0 Å². The molecule has 0 saturated carbocycles. The van der Waals surface area contributed by atoms with Gasteiger partial charge in [0.25, 0.3) is 0 Å². The zero-order chi connectivity index (χ0) is 10.4. The Morgan fingerprint density at radius 1 is 1.43 bits per heavy atom. The highest BCUT2D eigenvalue weighted by molar-refractivity contribution is 5.85. The Kier molecular flexibility index (Phi) is 8.48. The maximum atomic E-state index is 10.8. The molecule has 0 heterocycles. The zero-order valence-corrected chi connectivity index (χ0v) is 9.13. The minimum absolute atomic E-state index is 0. The molecule has 84 valence electrons. The number of amides is 1. The summed E-state index contributed by atoms with van der Waals surface area (Å²) in [5.41, 5.74) is 5.05. The minimum Gasteiger partial charge on any atom is -0.480 e. The number of aliphatic carboxylic acids is 1. The van der Waals surface area contributed by atoms with Crippen LogP contribution in [0.2, 0.25) is 0 Å². The van der Waals surface area contributed by atoms with Crippen molar-refractivity contribution >= 4 is 24.3 Å². The van der Waals surface area contributed by atoms with E-state index in [2.05, 4.69) is 5.32 Å². The van der Waals surface area contributed by atoms with Gasteiger partial charge in [0.2, 0.25) is 5.91 Å². The number of carboxylic acid groups (broad SMARTS) is 1. The molecule has 0 fully saturated rings. The second-order valence-electron chi connectivity index (χ2n) is 3.29. The van der Waals surface area contributed by atoms with E-state index < -0.39 is 17.9 Å². The van der Waals surface area contributed by atoms with Gasteiger partial charge in [-0.2, -0.15) is 0 Å². The lowest BCUT2D eigenvalue weighted by Crippen LogP contribution is -2.44. The fourth-order valence-electron chi connectivity index (χ4n) is 0.946. The Bertz CT molecular complexity index is 197. The van der Waals surface area contributed by atoms with E-state index >= 15 is 0 Å². The Labute approximate surface area is 89.5 Å². The highest BCUT2D eigenvalue weighted by atomic mass is 35.5. The van der Waals surface area contributed by atoms with Crippen LogP contribution in [0.15, 0.2) is 0 Å². The fourth-order valence-corrected chi connectivity index (χ4v) is 0.946. The largest absolute Gasteiger partial charge is 0.480 e. The van der Waals surface area contributed by atoms with Crippen molar-refractivity contribution in [1.82, 2.24) is 5.32 Å². The second-order valence-corrected chi connectivity index (χ2v) is 3.29. The molecule has 4 N–H and O–H groups in total. The van der Waals surface area contributed by atoms with Crippen LogP contribution in [-0.4, -0.2) is 29.6 Å². The molecule has 0 aliphatic rings. The molecular formula is C8H17ClN2O3. The summed E-state index contributed by atoms with van der Waals surface area (Å²) in [6.07, 6.45) is 0.418. The number of halogens is 1. The first-order valence-corrected chi connectivity index (χ1v) is 4.19. The summed E-state index contributed by atoms with van der Waals surface area (Å²) in [7, 11) is 0. The topological polar surface area (TPSA) is 92.4 Å². The van der Waals surface area contributed by atoms with E-state index in [1.54, 1.807) is 0 Å². The van der Waals surface area contributed by atoms with Crippen molar-refractivity contribution in [1.29, 1.82) is 0 Å². The highest BCUT2D eigenvalue weighted by Crippen LogP contribution is 2.04. The highest BCUT2D eigenvalue weighted by Gasteiger charge is 2.19. The molecule has 5 nitrogen and oxygen atoms in total. The van der Waals surface area contributed by atoms with Crippen LogP contribution in [-0.2, 0) is 9.59 Å². The number of carboxylic acids is 1. The number of hydrogen-bond donors (Lipinski definition) is 3. The minimum atomic E-state index is -1.02. The van der Waals surface area contributed by atoms with Crippen LogP contribution in [0.4, 0.5) is 0 Å². The van der Waals surface area contributed by atoms with Crippen LogP contribution >= 0.6 is 12.4 Å². The molecule has 0 rings (SSSR count). The van der Waals surface area contributed by atoms with E-state index in [4.69, 9.17) is 10.8 Å². The molecule has 0 aromatic heterocycles. The van der Waals surface area contributed by atoms with Gasteiger partial charge in [-0.05, 0) is 12.3 Å². The van der Waals surface area contributed by atoms with E-state index in [-0.39, 0.29) is 24.9 Å². The number of hydrogen-bond acceptors (Lipinski definition) is 3. The van der Waals surface area contributed by atoms with Crippen molar-refractivity contribution in [3.8, 4) is 0 Å². The summed E-state index contributed by atoms with van der Waals surface area (Å²) >= 11 is 0. The van der Waals surface area contributed by atoms with E-state index in [1.165, 1.54) is 0 Å². The van der Waals surface area contributed by atoms with Gasteiger partial charge in [-0.3, -0.25) is 4.79 Å². The van der Waals surface area contributed by atoms with Crippen molar-refractivity contribution in [2.75, 3.05) is 6.54 Å². The van der Waals surface area contributed by atoms with Crippen LogP contribution in [0.25, 0.3) is 0 Å². The van der Waals surface area contributed by atoms with E-state index in [0.29, 0.717) is 6.42 Å². The third kappa shape index (κ3) is 6.68. The van der Waals surface area contributed by atoms with Gasteiger partial charge >= 0.3 is 5.97 Å². The van der Waals surface area contributed by atoms with Gasteiger partial charge in [0.15, 0.2) is 0 Å². The van der Waals surface area contributed by atoms with Crippen LogP contribution in [0.3, 0.4) is 0 Å². The molecular weight excluding hydrogens is 208 g/mol. The molecule has 0 radical (unpaired) electrons. The Hall–Kier alpha value is -0.810. The Balaban J connectivity index is 0. The summed E-state index contributed by atoms with van der Waals surface area (Å²) in [6, 6.07) is -0.823. The van der Waals surface area contributed by atoms with Crippen LogP contribution < -0.4 is 11.1 Å². The van der Waals surface area contributed by atoms with Gasteiger partial charge in [-0.1, -0.05) is 13.8 Å². The summed E-state index contributed by atoms with van der Waals surface area (Å²) in [6.45, 7) is 3.61. The normalized spacial score (nSPS) is 11.7. The average molecular weight is 225 g/mol. The van der Waals surface area contributed by atoms with E-state index in [9.17, 15) is 9.59 Å². The predicted octanol–water partition coefficient (Wildman–Crippen LogP) is -0.0176. The molecule has 0 unspecified atom stereocenters. The van der Waals surface area contributed by atoms with Crippen molar-refractivity contribution in [3.05, 3.63) is 0 Å². The Morgan fingerprint density at radius 2 is 1.93 bits per heavy atom. The average Bonchev–Trinajstić information content (AvgIpc) is 2.02. The summed E-state index contributed by atoms with van der Waals surface area (Å²) in [4.78, 5) is 21.4. The third-order valence-electron chi connectivity index (χ3n) is 1.53. The quantitative estimate of drug-likeness (QED) is 0.612. The Morgan fingerprint density at radius 3 is 2.21 bits per heavy atom. The van der Waals surface area contributed by atoms with Crippen LogP contribution in [0.1, 0.15) is 20.3 Å². The predicted molar refractivity (Wildman–Crippen MR) is 55.3 cm³/mol. The molecule has 0 bridgehead atoms. The smallest absolute Gasteiger partial charge is 0.326 e. The molecule has 6 heteroatoms. The third-order valence-corrected chi connectivity index (χ3v) is 1.53. The molecule has 1 atom stereocenters. The van der Waals surface area contributed by atoms with Crippen LogP contribution in [0.5, 0.6) is 0 Å². The van der Waals surface area contributed by atoms with Gasteiger partial charge < -0.3 is 16.2 Å². The van der Waals surface area contributed by atoms with Crippen molar-refractivity contribution in [2.24, 2.45) is 11.7 Å². The van der Waals surface area contributed by atoms with Crippen molar-refractivity contribution in [3.63, 3.8) is 0 Å². The lowest BCUT2D eigenvalue weighted by atomic mass is 10.0. The number of carbonyl (C=O) groups excluding carboxylic acids is 1. The fraction of sp³-hybridized carbons (Fsp3) is 0.750. The molecule has 0 aromatic carbocycles. The summed E-state index contributed by atoms with van der Waals surface area (Å²) in [5.74, 6) is -1.23. The molecule has 0 aromatic rings. The first-order valence-electron chi connectivity index (χ1n) is 4.19. The molecule has 0 aliphatic carbocycles. The maximum absolute atomic E-state index is 10.8. The van der Waals surface area contributed by atoms with Gasteiger partial charge in [0.1, 0.15) is 6.04 Å². The summed E-state index contributed by atoms with van der Waals surface area (Å²) in [5, 5.41) is 11.0. The van der Waals surface area contributed by atoms with Gasteiger partial charge in [-0.15, -0.1) is 12.4 Å². The molecule has 0 spiro atoms. The zero-order valence-electron chi connectivity index (χ0n) is 8.32. The lowest BCUT2D eigenvalue weighted by Gasteiger charge is -2.15. The summed E-state index contributed by atoms with van der Waals surface area (Å²) < 4.78 is 0. The van der Waals surface area contributed by atoms with Crippen LogP contribution in [0, 0.1) is 5.92 Å². The van der Waals surface area contributed by atoms with Gasteiger partial charge in [0, 0.05) is 0 Å². The number of nitrogens with one attached hydrogen (secondary N) is 1.